The van der Waals surface area contributed by atoms with Crippen LogP contribution in [0.15, 0.2) is 54.9 Å². The van der Waals surface area contributed by atoms with Gasteiger partial charge in [-0.2, -0.15) is 0 Å². The van der Waals surface area contributed by atoms with Gasteiger partial charge in [-0.25, -0.2) is 14.4 Å². The minimum Gasteiger partial charge on any atom is -0.481 e. The van der Waals surface area contributed by atoms with Crippen molar-refractivity contribution in [1.29, 1.82) is 0 Å². The summed E-state index contributed by atoms with van der Waals surface area (Å²) in [4.78, 5) is 22.6. The summed E-state index contributed by atoms with van der Waals surface area (Å²) in [5.74, 6) is -0.646. The summed E-state index contributed by atoms with van der Waals surface area (Å²) in [7, 11) is 0. The van der Waals surface area contributed by atoms with E-state index in [1.165, 1.54) is 5.56 Å². The van der Waals surface area contributed by atoms with Crippen LogP contribution in [0, 0.1) is 5.82 Å². The molecule has 3 heterocycles. The number of aliphatic carboxylic acids is 1. The van der Waals surface area contributed by atoms with E-state index in [-0.39, 0.29) is 18.2 Å². The van der Waals surface area contributed by atoms with Crippen LogP contribution in [0.3, 0.4) is 0 Å². The molecular weight excluding hydrogens is 483 g/mol. The van der Waals surface area contributed by atoms with Gasteiger partial charge in [-0.05, 0) is 86.3 Å². The highest BCUT2D eigenvalue weighted by molar-refractivity contribution is 5.77. The van der Waals surface area contributed by atoms with Gasteiger partial charge in [0.05, 0.1) is 42.5 Å². The number of aromatic nitrogens is 2. The summed E-state index contributed by atoms with van der Waals surface area (Å²) in [6, 6.07) is 14.4. The Morgan fingerprint density at radius 3 is 2.39 bits per heavy atom. The van der Waals surface area contributed by atoms with Crippen LogP contribution >= 0.6 is 0 Å². The Kier molecular flexibility index (Phi) is 7.77. The third kappa shape index (κ3) is 5.59. The summed E-state index contributed by atoms with van der Waals surface area (Å²) in [5.41, 5.74) is 4.99. The van der Waals surface area contributed by atoms with Crippen molar-refractivity contribution in [2.24, 2.45) is 0 Å². The van der Waals surface area contributed by atoms with Crippen LogP contribution < -0.4 is 15.0 Å². The first-order chi connectivity index (χ1) is 18.4. The van der Waals surface area contributed by atoms with Gasteiger partial charge in [0.2, 0.25) is 0 Å². The zero-order valence-corrected chi connectivity index (χ0v) is 21.9. The minimum absolute atomic E-state index is 0.0698. The summed E-state index contributed by atoms with van der Waals surface area (Å²) in [6.07, 6.45) is 8.52. The second-order valence-corrected chi connectivity index (χ2v) is 10.3. The predicted octanol–water partition coefficient (Wildman–Crippen LogP) is 6.64. The molecule has 3 unspecified atom stereocenters. The van der Waals surface area contributed by atoms with Gasteiger partial charge in [0, 0.05) is 12.1 Å². The molecule has 2 N–H and O–H groups in total. The number of carbonyl (C=O) groups is 1. The third-order valence-corrected chi connectivity index (χ3v) is 7.94. The molecule has 0 aliphatic carbocycles. The number of halogens is 1. The lowest BCUT2D eigenvalue weighted by atomic mass is 9.84. The number of hydrogen-bond donors (Lipinski definition) is 2. The number of benzene rings is 2. The van der Waals surface area contributed by atoms with Crippen LogP contribution in [0.4, 0.5) is 21.5 Å². The minimum atomic E-state index is -0.795. The lowest BCUT2D eigenvalue weighted by Crippen LogP contribution is -2.42. The first-order valence-electron chi connectivity index (χ1n) is 13.6. The Hall–Kier alpha value is -3.68. The molecule has 2 aliphatic heterocycles. The first kappa shape index (κ1) is 25.9. The Morgan fingerprint density at radius 1 is 1.11 bits per heavy atom. The van der Waals surface area contributed by atoms with E-state index >= 15 is 0 Å². The molecule has 2 bridgehead atoms. The fourth-order valence-electron chi connectivity index (χ4n) is 6.16. The van der Waals surface area contributed by atoms with Crippen molar-refractivity contribution in [2.45, 2.75) is 76.3 Å². The van der Waals surface area contributed by atoms with Gasteiger partial charge in [-0.1, -0.05) is 25.1 Å². The Balaban J connectivity index is 1.45. The molecule has 8 heteroatoms. The van der Waals surface area contributed by atoms with Gasteiger partial charge in [0.25, 0.3) is 0 Å². The topological polar surface area (TPSA) is 87.6 Å². The van der Waals surface area contributed by atoms with Crippen LogP contribution in [-0.4, -0.2) is 39.7 Å². The van der Waals surface area contributed by atoms with Gasteiger partial charge in [-0.15, -0.1) is 0 Å². The number of nitrogens with zero attached hydrogens (tertiary/aromatic N) is 3. The van der Waals surface area contributed by atoms with Gasteiger partial charge < -0.3 is 20.1 Å². The van der Waals surface area contributed by atoms with E-state index in [1.807, 2.05) is 26.0 Å². The maximum Gasteiger partial charge on any atom is 0.316 e. The highest BCUT2D eigenvalue weighted by Gasteiger charge is 2.42. The van der Waals surface area contributed by atoms with E-state index in [2.05, 4.69) is 38.4 Å². The second kappa shape index (κ2) is 11.4. The Labute approximate surface area is 223 Å². The molecule has 3 aromatic rings. The lowest BCUT2D eigenvalue weighted by molar-refractivity contribution is -0.137. The van der Waals surface area contributed by atoms with E-state index in [0.717, 1.165) is 54.7 Å². The molecule has 0 spiro atoms. The molecule has 5 rings (SSSR count). The van der Waals surface area contributed by atoms with Crippen molar-refractivity contribution in [1.82, 2.24) is 9.97 Å². The molecule has 2 aliphatic rings. The second-order valence-electron chi connectivity index (χ2n) is 10.3. The number of ether oxygens (including phenoxy) is 1. The fourth-order valence-corrected chi connectivity index (χ4v) is 6.16. The highest BCUT2D eigenvalue weighted by Crippen LogP contribution is 2.48. The smallest absolute Gasteiger partial charge is 0.316 e. The summed E-state index contributed by atoms with van der Waals surface area (Å²) >= 11 is 0. The third-order valence-electron chi connectivity index (χ3n) is 7.94. The molecule has 2 saturated heterocycles. The summed E-state index contributed by atoms with van der Waals surface area (Å²) in [6.45, 7) is 4.41. The van der Waals surface area contributed by atoms with Crippen molar-refractivity contribution >= 4 is 23.0 Å². The number of rotatable bonds is 10. The van der Waals surface area contributed by atoms with Gasteiger partial charge in [0.1, 0.15) is 5.82 Å². The molecule has 0 amide bonds. The first-order valence-corrected chi connectivity index (χ1v) is 13.6. The maximum atomic E-state index is 13.5. The van der Waals surface area contributed by atoms with E-state index in [9.17, 15) is 14.3 Å². The number of carboxylic acid groups (broad SMARTS) is 1. The van der Waals surface area contributed by atoms with Gasteiger partial charge in [-0.3, -0.25) is 4.79 Å². The zero-order valence-electron chi connectivity index (χ0n) is 21.9. The largest absolute Gasteiger partial charge is 0.481 e. The average molecular weight is 519 g/mol. The van der Waals surface area contributed by atoms with Crippen molar-refractivity contribution < 1.29 is 19.0 Å². The molecule has 2 aromatic carbocycles. The number of piperidine rings is 1. The maximum absolute atomic E-state index is 13.5. The van der Waals surface area contributed by atoms with Crippen molar-refractivity contribution in [3.8, 4) is 6.01 Å². The van der Waals surface area contributed by atoms with E-state index in [4.69, 9.17) is 4.74 Å². The molecule has 7 nitrogen and oxygen atoms in total. The standard InChI is InChI=1S/C30H35FN4O3/c1-3-19(16-29(36)37)21-7-12-28(27(15-21)34-24-17-32-30(33-18-24)38-4-2)35-25-10-11-26(35)14-22(13-25)20-5-8-23(31)9-6-20/h5-9,12,15,17-19,22,25-26,34H,3-4,10-11,13-14,16H2,1-2H3,(H,36,37)/t19?,22?,25-,26?/m0/s1. The fraction of sp³-hybridized carbons (Fsp3) is 0.433. The number of hydrogen-bond acceptors (Lipinski definition) is 6. The molecule has 4 atom stereocenters. The average Bonchev–Trinajstić information content (AvgIpc) is 3.17. The summed E-state index contributed by atoms with van der Waals surface area (Å²) < 4.78 is 18.9. The predicted molar refractivity (Wildman–Crippen MR) is 146 cm³/mol. The summed E-state index contributed by atoms with van der Waals surface area (Å²) in [5, 5.41) is 13.0. The number of anilines is 3. The van der Waals surface area contributed by atoms with Gasteiger partial charge >= 0.3 is 12.0 Å². The molecule has 38 heavy (non-hydrogen) atoms. The Morgan fingerprint density at radius 2 is 1.79 bits per heavy atom. The number of nitrogens with one attached hydrogen (secondary N) is 1. The molecule has 0 saturated carbocycles. The van der Waals surface area contributed by atoms with Crippen LogP contribution in [0.25, 0.3) is 0 Å². The SMILES string of the molecule is CCOc1ncc(Nc2cc(C(CC)CC(=O)O)ccc2N2C3CC[C@H]2CC(c2ccc(F)cc2)C3)cn1. The molecule has 0 radical (unpaired) electrons. The lowest BCUT2D eigenvalue weighted by Gasteiger charge is -2.42. The van der Waals surface area contributed by atoms with E-state index in [0.29, 0.717) is 30.6 Å². The number of carboxylic acids is 1. The monoisotopic (exact) mass is 518 g/mol. The van der Waals surface area contributed by atoms with Gasteiger partial charge in [0.15, 0.2) is 0 Å². The zero-order chi connectivity index (χ0) is 26.6. The van der Waals surface area contributed by atoms with Crippen molar-refractivity contribution in [2.75, 3.05) is 16.8 Å². The van der Waals surface area contributed by atoms with E-state index < -0.39 is 5.97 Å². The molecular formula is C30H35FN4O3. The van der Waals surface area contributed by atoms with Crippen molar-refractivity contribution in [3.63, 3.8) is 0 Å². The van der Waals surface area contributed by atoms with Crippen LogP contribution in [0.5, 0.6) is 6.01 Å². The van der Waals surface area contributed by atoms with Crippen LogP contribution in [-0.2, 0) is 4.79 Å². The van der Waals surface area contributed by atoms with E-state index in [1.54, 1.807) is 24.5 Å². The Bertz CT molecular complexity index is 1240. The van der Waals surface area contributed by atoms with Crippen molar-refractivity contribution in [3.05, 3.63) is 71.8 Å². The quantitative estimate of drug-likeness (QED) is 0.311. The van der Waals surface area contributed by atoms with Crippen LogP contribution in [0.1, 0.15) is 75.3 Å². The van der Waals surface area contributed by atoms with Crippen LogP contribution in [0.2, 0.25) is 0 Å². The molecule has 200 valence electrons. The molecule has 1 aromatic heterocycles. The normalized spacial score (nSPS) is 21.2. The highest BCUT2D eigenvalue weighted by atomic mass is 19.1. The molecule has 2 fully saturated rings. The number of fused-ring (bicyclic) bond motifs is 2.